The molecule has 0 saturated carbocycles. The maximum atomic E-state index is 13.9. The molecule has 1 unspecified atom stereocenters. The predicted molar refractivity (Wildman–Crippen MR) is 148 cm³/mol. The van der Waals surface area contributed by atoms with Crippen LogP contribution < -0.4 is 21.5 Å². The highest BCUT2D eigenvalue weighted by Crippen LogP contribution is 2.42. The first-order valence-corrected chi connectivity index (χ1v) is 13.4. The van der Waals surface area contributed by atoms with Gasteiger partial charge in [-0.1, -0.05) is 44.0 Å². The molecule has 0 bridgehead atoms. The Morgan fingerprint density at radius 1 is 1.19 bits per heavy atom. The number of anilines is 2. The molecule has 0 radical (unpaired) electrons. The molecule has 12 heteroatoms. The van der Waals surface area contributed by atoms with Gasteiger partial charge in [-0.05, 0) is 50.0 Å². The summed E-state index contributed by atoms with van der Waals surface area (Å²) in [4.78, 5) is 41.6. The van der Waals surface area contributed by atoms with E-state index in [1.807, 2.05) is 39.8 Å². The number of halogens is 3. The number of hydrogen-bond donors (Lipinski definition) is 4. The van der Waals surface area contributed by atoms with Crippen LogP contribution in [0.15, 0.2) is 12.1 Å². The Morgan fingerprint density at radius 2 is 1.89 bits per heavy atom. The summed E-state index contributed by atoms with van der Waals surface area (Å²) in [5.41, 5.74) is 6.57. The van der Waals surface area contributed by atoms with Crippen molar-refractivity contribution in [2.24, 2.45) is 5.92 Å². The van der Waals surface area contributed by atoms with Crippen molar-refractivity contribution >= 4 is 62.9 Å². The number of nitrogens with one attached hydrogen (secondary N) is 4. The molecular formula is C25H32Cl2FN5O3S. The van der Waals surface area contributed by atoms with Crippen molar-refractivity contribution in [1.29, 1.82) is 0 Å². The maximum Gasteiger partial charge on any atom is 0.324 e. The first-order chi connectivity index (χ1) is 17.3. The Bertz CT molecular complexity index is 1200. The van der Waals surface area contributed by atoms with Crippen LogP contribution in [0.3, 0.4) is 0 Å². The molecule has 0 spiro atoms. The van der Waals surface area contributed by atoms with Gasteiger partial charge in [0, 0.05) is 35.9 Å². The monoisotopic (exact) mass is 571 g/mol. The molecule has 3 rings (SSSR count). The Balaban J connectivity index is 2.00. The fourth-order valence-corrected chi connectivity index (χ4v) is 5.65. The number of Topliss-reactive ketones (excluding diaryl/α,β-unsaturated/α-hetero) is 1. The zero-order valence-corrected chi connectivity index (χ0v) is 23.8. The van der Waals surface area contributed by atoms with E-state index in [0.29, 0.717) is 36.5 Å². The summed E-state index contributed by atoms with van der Waals surface area (Å²) in [6.45, 7) is 7.03. The number of ketones is 1. The van der Waals surface area contributed by atoms with Crippen molar-refractivity contribution in [3.63, 3.8) is 0 Å². The Hall–Kier alpha value is -2.24. The van der Waals surface area contributed by atoms with Crippen LogP contribution in [0.2, 0.25) is 10.0 Å². The number of urea groups is 1. The number of carbonyl (C=O) groups excluding carboxylic acids is 3. The summed E-state index contributed by atoms with van der Waals surface area (Å²) < 4.78 is 13.7. The molecule has 0 aliphatic carbocycles. The van der Waals surface area contributed by atoms with Crippen LogP contribution in [0.5, 0.6) is 0 Å². The number of hydrogen-bond acceptors (Lipinski definition) is 6. The van der Waals surface area contributed by atoms with Crippen LogP contribution >= 0.6 is 34.5 Å². The number of carbonyl (C=O) groups is 3. The number of rotatable bonds is 7. The van der Waals surface area contributed by atoms with E-state index >= 15 is 0 Å². The van der Waals surface area contributed by atoms with E-state index in [4.69, 9.17) is 23.2 Å². The van der Waals surface area contributed by atoms with Crippen molar-refractivity contribution in [3.05, 3.63) is 44.0 Å². The molecule has 3 amide bonds. The van der Waals surface area contributed by atoms with Crippen molar-refractivity contribution in [3.8, 4) is 0 Å². The van der Waals surface area contributed by atoms with Crippen molar-refractivity contribution in [2.75, 3.05) is 37.8 Å². The number of thiophene rings is 1. The Kier molecular flexibility index (Phi) is 9.57. The van der Waals surface area contributed by atoms with Crippen LogP contribution in [0, 0.1) is 11.7 Å². The van der Waals surface area contributed by atoms with E-state index in [9.17, 15) is 18.8 Å². The molecule has 1 aromatic carbocycles. The first-order valence-electron chi connectivity index (χ1n) is 11.9. The summed E-state index contributed by atoms with van der Waals surface area (Å²) in [6, 6.07) is 1.85. The molecule has 8 nitrogen and oxygen atoms in total. The SMILES string of the molecule is CN(C)CCc1c(NC(=O)Nc2ccc(F)c(Cl)c2Cl)sc(C(C)(C)C)c1C(=O)C1CCC(=O)NNC1. The van der Waals surface area contributed by atoms with E-state index in [0.717, 1.165) is 16.5 Å². The molecule has 202 valence electrons. The number of amides is 3. The highest BCUT2D eigenvalue weighted by molar-refractivity contribution is 7.17. The van der Waals surface area contributed by atoms with Gasteiger partial charge in [0.05, 0.1) is 15.7 Å². The Morgan fingerprint density at radius 3 is 2.54 bits per heavy atom. The molecule has 1 saturated heterocycles. The Labute approximate surface area is 230 Å². The molecule has 1 atom stereocenters. The third-order valence-corrected chi connectivity index (χ3v) is 8.35. The topological polar surface area (TPSA) is 103 Å². The number of likely N-dealkylation sites (N-methyl/N-ethyl adjacent to an activating group) is 1. The second-order valence-corrected chi connectivity index (χ2v) is 12.0. The second-order valence-electron chi connectivity index (χ2n) is 10.2. The van der Waals surface area contributed by atoms with E-state index < -0.39 is 17.8 Å². The van der Waals surface area contributed by atoms with Crippen LogP contribution in [0.4, 0.5) is 19.9 Å². The normalized spacial score (nSPS) is 16.4. The second kappa shape index (κ2) is 12.1. The average molecular weight is 573 g/mol. The molecule has 37 heavy (non-hydrogen) atoms. The molecule has 1 aliphatic rings. The van der Waals surface area contributed by atoms with Gasteiger partial charge in [-0.3, -0.25) is 20.3 Å². The quantitative estimate of drug-likeness (QED) is 0.261. The lowest BCUT2D eigenvalue weighted by Gasteiger charge is -2.22. The summed E-state index contributed by atoms with van der Waals surface area (Å²) in [6.07, 6.45) is 1.20. The minimum Gasteiger partial charge on any atom is -0.309 e. The standard InChI is InChI=1S/C25H32Cl2FN5O3S/c1-25(2,3)22-18(21(35)13-6-9-17(34)32-29-12-13)14(10-11-33(4)5)23(37-22)31-24(36)30-16-8-7-15(28)19(26)20(16)27/h7-8,13,29H,6,9-12H2,1-5H3,(H,32,34)(H2,30,31,36). The van der Waals surface area contributed by atoms with E-state index in [2.05, 4.69) is 21.5 Å². The van der Waals surface area contributed by atoms with Gasteiger partial charge in [0.2, 0.25) is 5.91 Å². The first kappa shape index (κ1) is 29.3. The summed E-state index contributed by atoms with van der Waals surface area (Å²) in [5.74, 6) is -1.29. The van der Waals surface area contributed by atoms with Gasteiger partial charge in [-0.2, -0.15) is 0 Å². The predicted octanol–water partition coefficient (Wildman–Crippen LogP) is 5.45. The lowest BCUT2D eigenvalue weighted by molar-refractivity contribution is -0.121. The highest BCUT2D eigenvalue weighted by atomic mass is 35.5. The summed E-state index contributed by atoms with van der Waals surface area (Å²) in [5, 5.41) is 5.65. The number of benzene rings is 1. The summed E-state index contributed by atoms with van der Waals surface area (Å²) in [7, 11) is 3.87. The van der Waals surface area contributed by atoms with Crippen LogP contribution in [-0.4, -0.2) is 49.8 Å². The summed E-state index contributed by atoms with van der Waals surface area (Å²) >= 11 is 13.3. The third kappa shape index (κ3) is 7.20. The fraction of sp³-hybridized carbons (Fsp3) is 0.480. The van der Waals surface area contributed by atoms with Gasteiger partial charge in [0.15, 0.2) is 5.78 Å². The average Bonchev–Trinajstić information content (AvgIpc) is 3.03. The van der Waals surface area contributed by atoms with Gasteiger partial charge in [0.25, 0.3) is 0 Å². The minimum atomic E-state index is -0.690. The number of hydrazine groups is 1. The molecule has 4 N–H and O–H groups in total. The smallest absolute Gasteiger partial charge is 0.309 e. The zero-order valence-electron chi connectivity index (χ0n) is 21.5. The van der Waals surface area contributed by atoms with Gasteiger partial charge >= 0.3 is 6.03 Å². The molecule has 1 fully saturated rings. The van der Waals surface area contributed by atoms with E-state index in [1.54, 1.807) is 0 Å². The van der Waals surface area contributed by atoms with Crippen LogP contribution in [0.25, 0.3) is 0 Å². The lowest BCUT2D eigenvalue weighted by Crippen LogP contribution is -2.38. The lowest BCUT2D eigenvalue weighted by atomic mass is 9.84. The van der Waals surface area contributed by atoms with Gasteiger partial charge < -0.3 is 10.2 Å². The van der Waals surface area contributed by atoms with Gasteiger partial charge in [-0.15, -0.1) is 11.3 Å². The fourth-order valence-electron chi connectivity index (χ4n) is 3.98. The number of nitrogens with zero attached hydrogens (tertiary/aromatic N) is 1. The highest BCUT2D eigenvalue weighted by Gasteiger charge is 2.34. The van der Waals surface area contributed by atoms with Gasteiger partial charge in [-0.25, -0.2) is 14.6 Å². The van der Waals surface area contributed by atoms with Gasteiger partial charge in [0.1, 0.15) is 10.8 Å². The van der Waals surface area contributed by atoms with Crippen LogP contribution in [0.1, 0.15) is 54.4 Å². The molecule has 1 aromatic heterocycles. The molecular weight excluding hydrogens is 540 g/mol. The minimum absolute atomic E-state index is 0.0549. The van der Waals surface area contributed by atoms with Crippen molar-refractivity contribution in [1.82, 2.24) is 15.8 Å². The van der Waals surface area contributed by atoms with E-state index in [1.165, 1.54) is 17.4 Å². The van der Waals surface area contributed by atoms with E-state index in [-0.39, 0.29) is 39.3 Å². The largest absolute Gasteiger partial charge is 0.324 e. The molecule has 1 aliphatic heterocycles. The molecule has 2 aromatic rings. The zero-order chi connectivity index (χ0) is 27.5. The van der Waals surface area contributed by atoms with Crippen molar-refractivity contribution < 1.29 is 18.8 Å². The maximum absolute atomic E-state index is 13.9. The van der Waals surface area contributed by atoms with Crippen molar-refractivity contribution in [2.45, 2.75) is 45.4 Å². The van der Waals surface area contributed by atoms with Crippen LogP contribution in [-0.2, 0) is 16.6 Å². The molecule has 2 heterocycles. The third-order valence-electron chi connectivity index (χ3n) is 5.92.